The van der Waals surface area contributed by atoms with Crippen molar-refractivity contribution in [2.45, 2.75) is 44.4 Å². The molecule has 1 amide bonds. The van der Waals surface area contributed by atoms with Gasteiger partial charge in [-0.3, -0.25) is 9.69 Å². The molecule has 0 aromatic heterocycles. The first-order valence-corrected chi connectivity index (χ1v) is 9.59. The van der Waals surface area contributed by atoms with Crippen LogP contribution in [0, 0.1) is 5.82 Å². The fraction of sp³-hybridized carbons (Fsp3) is 0.409. The van der Waals surface area contributed by atoms with Crippen molar-refractivity contribution in [1.29, 1.82) is 0 Å². The lowest BCUT2D eigenvalue weighted by Gasteiger charge is -2.42. The number of rotatable bonds is 5. The number of halogens is 4. The fourth-order valence-electron chi connectivity index (χ4n) is 3.98. The van der Waals surface area contributed by atoms with Crippen LogP contribution in [0.1, 0.15) is 54.2 Å². The van der Waals surface area contributed by atoms with Gasteiger partial charge in [-0.05, 0) is 57.5 Å². The van der Waals surface area contributed by atoms with Crippen molar-refractivity contribution >= 4 is 5.91 Å². The minimum atomic E-state index is -4.83. The average molecular weight is 408 g/mol. The largest absolute Gasteiger partial charge is 0.417 e. The van der Waals surface area contributed by atoms with E-state index in [9.17, 15) is 22.4 Å². The standard InChI is InChI=1S/C22H24F4N2O/c1-21(2,28-13-6-7-14-28)19(15-9-4-3-5-10-15)27-20(29)18-16(22(24,25)26)11-8-12-17(18)23/h3-5,8-12,19H,6-7,13-14H2,1-2H3,(H,27,29). The zero-order valence-corrected chi connectivity index (χ0v) is 16.4. The molecule has 156 valence electrons. The number of hydrogen-bond donors (Lipinski definition) is 1. The van der Waals surface area contributed by atoms with Crippen LogP contribution < -0.4 is 5.32 Å². The molecule has 1 fully saturated rings. The number of amides is 1. The molecule has 0 saturated carbocycles. The summed E-state index contributed by atoms with van der Waals surface area (Å²) in [4.78, 5) is 15.1. The van der Waals surface area contributed by atoms with Gasteiger partial charge in [0, 0.05) is 5.54 Å². The molecule has 0 aliphatic carbocycles. The Morgan fingerprint density at radius 3 is 2.21 bits per heavy atom. The summed E-state index contributed by atoms with van der Waals surface area (Å²) in [5.74, 6) is -2.26. The quantitative estimate of drug-likeness (QED) is 0.691. The molecule has 1 aliphatic heterocycles. The number of hydrogen-bond acceptors (Lipinski definition) is 2. The van der Waals surface area contributed by atoms with E-state index in [1.54, 1.807) is 12.1 Å². The summed E-state index contributed by atoms with van der Waals surface area (Å²) >= 11 is 0. The van der Waals surface area contributed by atoms with Gasteiger partial charge in [0.1, 0.15) is 5.82 Å². The molecule has 1 saturated heterocycles. The maximum atomic E-state index is 14.3. The SMILES string of the molecule is CC(C)(C(NC(=O)c1c(F)cccc1C(F)(F)F)c1ccccc1)N1CCCC1. The molecule has 0 bridgehead atoms. The number of alkyl halides is 3. The van der Waals surface area contributed by atoms with E-state index in [0.717, 1.165) is 49.7 Å². The third-order valence-corrected chi connectivity index (χ3v) is 5.58. The topological polar surface area (TPSA) is 32.3 Å². The first-order chi connectivity index (χ1) is 13.6. The van der Waals surface area contributed by atoms with Crippen molar-refractivity contribution in [1.82, 2.24) is 10.2 Å². The highest BCUT2D eigenvalue weighted by molar-refractivity contribution is 5.96. The zero-order chi connectivity index (χ0) is 21.2. The smallest absolute Gasteiger partial charge is 0.343 e. The van der Waals surface area contributed by atoms with Gasteiger partial charge in [-0.2, -0.15) is 13.2 Å². The van der Waals surface area contributed by atoms with Gasteiger partial charge < -0.3 is 5.32 Å². The molecule has 1 N–H and O–H groups in total. The first-order valence-electron chi connectivity index (χ1n) is 9.59. The summed E-state index contributed by atoms with van der Waals surface area (Å²) in [5.41, 5.74) is -2.07. The van der Waals surface area contributed by atoms with E-state index in [1.807, 2.05) is 32.0 Å². The molecule has 0 spiro atoms. The Bertz CT molecular complexity index is 859. The van der Waals surface area contributed by atoms with Gasteiger partial charge >= 0.3 is 6.18 Å². The van der Waals surface area contributed by atoms with Gasteiger partial charge in [-0.15, -0.1) is 0 Å². The lowest BCUT2D eigenvalue weighted by molar-refractivity contribution is -0.138. The Balaban J connectivity index is 2.00. The lowest BCUT2D eigenvalue weighted by atomic mass is 9.86. The molecule has 2 aromatic carbocycles. The average Bonchev–Trinajstić information content (AvgIpc) is 3.21. The minimum Gasteiger partial charge on any atom is -0.343 e. The van der Waals surface area contributed by atoms with E-state index < -0.39 is 40.6 Å². The second kappa shape index (κ2) is 8.14. The number of likely N-dealkylation sites (tertiary alicyclic amines) is 1. The molecule has 0 radical (unpaired) electrons. The van der Waals surface area contributed by atoms with E-state index in [4.69, 9.17) is 0 Å². The molecular weight excluding hydrogens is 384 g/mol. The number of benzene rings is 2. The number of carbonyl (C=O) groups is 1. The monoisotopic (exact) mass is 408 g/mol. The van der Waals surface area contributed by atoms with Crippen LogP contribution >= 0.6 is 0 Å². The molecule has 3 nitrogen and oxygen atoms in total. The van der Waals surface area contributed by atoms with Gasteiger partial charge in [-0.1, -0.05) is 36.4 Å². The molecule has 1 aliphatic rings. The Morgan fingerprint density at radius 1 is 1.00 bits per heavy atom. The van der Waals surface area contributed by atoms with Crippen LogP contribution in [0.15, 0.2) is 48.5 Å². The van der Waals surface area contributed by atoms with Gasteiger partial charge in [0.2, 0.25) is 0 Å². The lowest BCUT2D eigenvalue weighted by Crippen LogP contribution is -2.53. The van der Waals surface area contributed by atoms with Crippen molar-refractivity contribution in [3.05, 3.63) is 71.0 Å². The molecule has 1 atom stereocenters. The van der Waals surface area contributed by atoms with Crippen LogP contribution in [0.4, 0.5) is 17.6 Å². The van der Waals surface area contributed by atoms with Gasteiger partial charge in [-0.25, -0.2) is 4.39 Å². The summed E-state index contributed by atoms with van der Waals surface area (Å²) in [6, 6.07) is 11.0. The van der Waals surface area contributed by atoms with Gasteiger partial charge in [0.15, 0.2) is 0 Å². The molecule has 7 heteroatoms. The normalized spacial score (nSPS) is 16.6. The second-order valence-electron chi connectivity index (χ2n) is 7.83. The number of nitrogens with one attached hydrogen (secondary N) is 1. The summed E-state index contributed by atoms with van der Waals surface area (Å²) in [7, 11) is 0. The molecular formula is C22H24F4N2O. The predicted octanol–water partition coefficient (Wildman–Crippen LogP) is 5.19. The summed E-state index contributed by atoms with van der Waals surface area (Å²) in [6.45, 7) is 5.56. The van der Waals surface area contributed by atoms with E-state index in [1.165, 1.54) is 0 Å². The second-order valence-corrected chi connectivity index (χ2v) is 7.83. The van der Waals surface area contributed by atoms with E-state index >= 15 is 0 Å². The first kappa shape index (κ1) is 21.3. The Labute approximate surface area is 167 Å². The van der Waals surface area contributed by atoms with Crippen LogP contribution in [-0.2, 0) is 6.18 Å². The fourth-order valence-corrected chi connectivity index (χ4v) is 3.98. The predicted molar refractivity (Wildman–Crippen MR) is 103 cm³/mol. The van der Waals surface area contributed by atoms with Crippen LogP contribution in [0.5, 0.6) is 0 Å². The van der Waals surface area contributed by atoms with Crippen molar-refractivity contribution < 1.29 is 22.4 Å². The van der Waals surface area contributed by atoms with Crippen molar-refractivity contribution in [3.8, 4) is 0 Å². The Kier molecular flexibility index (Phi) is 5.98. The number of carbonyl (C=O) groups excluding carboxylic acids is 1. The molecule has 3 rings (SSSR count). The minimum absolute atomic E-state index is 0.572. The molecule has 1 unspecified atom stereocenters. The summed E-state index contributed by atoms with van der Waals surface area (Å²) in [6.07, 6.45) is -2.80. The third kappa shape index (κ3) is 4.45. The van der Waals surface area contributed by atoms with Crippen molar-refractivity contribution in [2.75, 3.05) is 13.1 Å². The molecule has 2 aromatic rings. The van der Waals surface area contributed by atoms with Gasteiger partial charge in [0.25, 0.3) is 5.91 Å². The summed E-state index contributed by atoms with van der Waals surface area (Å²) in [5, 5.41) is 2.70. The van der Waals surface area contributed by atoms with Gasteiger partial charge in [0.05, 0.1) is 17.2 Å². The third-order valence-electron chi connectivity index (χ3n) is 5.58. The maximum Gasteiger partial charge on any atom is 0.417 e. The highest BCUT2D eigenvalue weighted by Gasteiger charge is 2.41. The maximum absolute atomic E-state index is 14.3. The molecule has 29 heavy (non-hydrogen) atoms. The van der Waals surface area contributed by atoms with Crippen LogP contribution in [0.3, 0.4) is 0 Å². The molecule has 1 heterocycles. The van der Waals surface area contributed by atoms with Crippen molar-refractivity contribution in [3.63, 3.8) is 0 Å². The van der Waals surface area contributed by atoms with E-state index in [0.29, 0.717) is 0 Å². The van der Waals surface area contributed by atoms with Crippen LogP contribution in [-0.4, -0.2) is 29.4 Å². The zero-order valence-electron chi connectivity index (χ0n) is 16.4. The van der Waals surface area contributed by atoms with Crippen LogP contribution in [0.2, 0.25) is 0 Å². The summed E-state index contributed by atoms with van der Waals surface area (Å²) < 4.78 is 54.4. The van der Waals surface area contributed by atoms with Crippen LogP contribution in [0.25, 0.3) is 0 Å². The van der Waals surface area contributed by atoms with E-state index in [-0.39, 0.29) is 0 Å². The highest BCUT2D eigenvalue weighted by Crippen LogP contribution is 2.36. The number of nitrogens with zero attached hydrogens (tertiary/aromatic N) is 1. The van der Waals surface area contributed by atoms with Crippen molar-refractivity contribution in [2.24, 2.45) is 0 Å². The Morgan fingerprint density at radius 2 is 1.62 bits per heavy atom. The highest BCUT2D eigenvalue weighted by atomic mass is 19.4. The van der Waals surface area contributed by atoms with E-state index in [2.05, 4.69) is 10.2 Å². The Hall–Kier alpha value is -2.41.